The molecule has 1 saturated heterocycles. The molecule has 2 heterocycles. The van der Waals surface area contributed by atoms with Crippen LogP contribution in [-0.4, -0.2) is 23.7 Å². The molecule has 0 aromatic carbocycles. The fourth-order valence-corrected chi connectivity index (χ4v) is 2.89. The monoisotopic (exact) mass is 262 g/mol. The zero-order valence-corrected chi connectivity index (χ0v) is 12.4. The Kier molecular flexibility index (Phi) is 4.94. The summed E-state index contributed by atoms with van der Waals surface area (Å²) in [5.74, 6) is 0. The predicted molar refractivity (Wildman–Crippen MR) is 78.2 cm³/mol. The lowest BCUT2D eigenvalue weighted by Gasteiger charge is -2.41. The highest BCUT2D eigenvalue weighted by Crippen LogP contribution is 2.36. The van der Waals surface area contributed by atoms with Gasteiger partial charge in [-0.2, -0.15) is 0 Å². The number of hydrogen-bond donors (Lipinski definition) is 1. The number of aromatic nitrogens is 1. The van der Waals surface area contributed by atoms with Gasteiger partial charge in [-0.05, 0) is 57.2 Å². The van der Waals surface area contributed by atoms with Crippen LogP contribution in [0.4, 0.5) is 0 Å². The van der Waals surface area contributed by atoms with E-state index in [0.29, 0.717) is 0 Å². The molecule has 1 aliphatic heterocycles. The fraction of sp³-hybridized carbons (Fsp3) is 0.688. The second-order valence-electron chi connectivity index (χ2n) is 5.80. The van der Waals surface area contributed by atoms with Gasteiger partial charge < -0.3 is 10.1 Å². The van der Waals surface area contributed by atoms with Crippen molar-refractivity contribution in [3.63, 3.8) is 0 Å². The lowest BCUT2D eigenvalue weighted by Crippen LogP contribution is -2.46. The van der Waals surface area contributed by atoms with E-state index in [9.17, 15) is 0 Å². The maximum absolute atomic E-state index is 6.13. The molecule has 0 saturated carbocycles. The Balaban J connectivity index is 2.24. The summed E-state index contributed by atoms with van der Waals surface area (Å²) in [6.07, 6.45) is 8.56. The van der Waals surface area contributed by atoms with E-state index in [1.807, 2.05) is 12.4 Å². The summed E-state index contributed by atoms with van der Waals surface area (Å²) in [7, 11) is 0. The van der Waals surface area contributed by atoms with Gasteiger partial charge in [-0.15, -0.1) is 0 Å². The van der Waals surface area contributed by atoms with E-state index in [0.717, 1.165) is 26.0 Å². The minimum absolute atomic E-state index is 0.108. The smallest absolute Gasteiger partial charge is 0.0848 e. The molecule has 19 heavy (non-hydrogen) atoms. The van der Waals surface area contributed by atoms with Crippen molar-refractivity contribution in [3.8, 4) is 0 Å². The predicted octanol–water partition coefficient (Wildman–Crippen LogP) is 3.39. The Hall–Kier alpha value is -0.930. The molecule has 0 amide bonds. The molecule has 3 heteroatoms. The summed E-state index contributed by atoms with van der Waals surface area (Å²) in [6, 6.07) is 2.46. The van der Waals surface area contributed by atoms with Crippen LogP contribution >= 0.6 is 0 Å². The number of hydrogen-bond acceptors (Lipinski definition) is 3. The molecule has 1 N–H and O–H groups in total. The van der Waals surface area contributed by atoms with Crippen molar-refractivity contribution >= 4 is 0 Å². The Morgan fingerprint density at radius 2 is 2.26 bits per heavy atom. The largest absolute Gasteiger partial charge is 0.373 e. The highest BCUT2D eigenvalue weighted by molar-refractivity contribution is 5.23. The number of ether oxygens (including phenoxy) is 1. The van der Waals surface area contributed by atoms with E-state index < -0.39 is 0 Å². The van der Waals surface area contributed by atoms with Crippen molar-refractivity contribution in [1.82, 2.24) is 10.3 Å². The zero-order valence-electron chi connectivity index (χ0n) is 12.4. The van der Waals surface area contributed by atoms with Gasteiger partial charge in [0.25, 0.3) is 0 Å². The topological polar surface area (TPSA) is 34.2 Å². The molecule has 0 aliphatic carbocycles. The lowest BCUT2D eigenvalue weighted by molar-refractivity contribution is -0.0898. The molecule has 2 atom stereocenters. The number of nitrogens with zero attached hydrogens (tertiary/aromatic N) is 1. The van der Waals surface area contributed by atoms with E-state index in [1.54, 1.807) is 0 Å². The summed E-state index contributed by atoms with van der Waals surface area (Å²) in [5.41, 5.74) is 2.35. The molecule has 3 nitrogen and oxygen atoms in total. The van der Waals surface area contributed by atoms with E-state index >= 15 is 0 Å². The van der Waals surface area contributed by atoms with Crippen molar-refractivity contribution < 1.29 is 4.74 Å². The van der Waals surface area contributed by atoms with E-state index in [-0.39, 0.29) is 11.6 Å². The molecular weight excluding hydrogens is 236 g/mol. The third-order valence-corrected chi connectivity index (χ3v) is 3.94. The number of rotatable bonds is 5. The van der Waals surface area contributed by atoms with E-state index in [2.05, 4.69) is 37.1 Å². The molecule has 0 bridgehead atoms. The van der Waals surface area contributed by atoms with Crippen LogP contribution in [0.3, 0.4) is 0 Å². The second-order valence-corrected chi connectivity index (χ2v) is 5.80. The second kappa shape index (κ2) is 6.49. The van der Waals surface area contributed by atoms with Gasteiger partial charge in [0.1, 0.15) is 0 Å². The molecule has 1 aliphatic rings. The molecule has 0 spiro atoms. The Morgan fingerprint density at radius 1 is 1.42 bits per heavy atom. The van der Waals surface area contributed by atoms with Gasteiger partial charge in [0.2, 0.25) is 0 Å². The number of aryl methyl sites for hydroxylation is 1. The van der Waals surface area contributed by atoms with Crippen LogP contribution in [0.25, 0.3) is 0 Å². The highest BCUT2D eigenvalue weighted by atomic mass is 16.5. The van der Waals surface area contributed by atoms with Crippen molar-refractivity contribution in [1.29, 1.82) is 0 Å². The zero-order chi connectivity index (χ0) is 13.7. The van der Waals surface area contributed by atoms with Crippen molar-refractivity contribution in [2.24, 2.45) is 0 Å². The van der Waals surface area contributed by atoms with Gasteiger partial charge in [-0.1, -0.05) is 13.0 Å². The molecular formula is C16H26N2O. The van der Waals surface area contributed by atoms with Crippen LogP contribution in [0.5, 0.6) is 0 Å². The van der Waals surface area contributed by atoms with Crippen LogP contribution in [0.2, 0.25) is 0 Å². The lowest BCUT2D eigenvalue weighted by atomic mass is 9.84. The Morgan fingerprint density at radius 3 is 2.89 bits per heavy atom. The number of nitrogens with one attached hydrogen (secondary N) is 1. The molecule has 1 aromatic rings. The maximum atomic E-state index is 6.13. The van der Waals surface area contributed by atoms with Gasteiger partial charge in [0, 0.05) is 19.0 Å². The van der Waals surface area contributed by atoms with Crippen LogP contribution in [0.15, 0.2) is 18.5 Å². The summed E-state index contributed by atoms with van der Waals surface area (Å²) in [5, 5.41) is 3.66. The average molecular weight is 262 g/mol. The van der Waals surface area contributed by atoms with E-state index in [1.165, 1.54) is 24.0 Å². The summed E-state index contributed by atoms with van der Waals surface area (Å²) in [6.45, 7) is 8.42. The van der Waals surface area contributed by atoms with E-state index in [4.69, 9.17) is 4.74 Å². The fourth-order valence-electron chi connectivity index (χ4n) is 2.89. The van der Waals surface area contributed by atoms with Gasteiger partial charge in [-0.25, -0.2) is 0 Å². The summed E-state index contributed by atoms with van der Waals surface area (Å²) >= 11 is 0. The minimum atomic E-state index is -0.108. The van der Waals surface area contributed by atoms with Gasteiger partial charge in [0.05, 0.1) is 11.6 Å². The van der Waals surface area contributed by atoms with Gasteiger partial charge >= 0.3 is 0 Å². The van der Waals surface area contributed by atoms with Crippen LogP contribution in [-0.2, 0) is 4.74 Å². The third-order valence-electron chi connectivity index (χ3n) is 3.94. The molecule has 0 radical (unpaired) electrons. The molecule has 1 aromatic heterocycles. The van der Waals surface area contributed by atoms with Crippen molar-refractivity contribution in [2.75, 3.05) is 13.2 Å². The Bertz CT molecular complexity index is 399. The third kappa shape index (κ3) is 3.54. The first kappa shape index (κ1) is 14.5. The molecule has 106 valence electrons. The molecule has 1 fully saturated rings. The van der Waals surface area contributed by atoms with Crippen molar-refractivity contribution in [3.05, 3.63) is 29.6 Å². The first-order chi connectivity index (χ1) is 9.15. The van der Waals surface area contributed by atoms with Crippen LogP contribution in [0, 0.1) is 6.92 Å². The molecule has 2 rings (SSSR count). The SMILES string of the molecule is CCCNC(c1cncc(C)c1)C1(C)CCCCO1. The Labute approximate surface area is 116 Å². The number of pyridine rings is 1. The minimum Gasteiger partial charge on any atom is -0.373 e. The maximum Gasteiger partial charge on any atom is 0.0848 e. The first-order valence-electron chi connectivity index (χ1n) is 7.44. The summed E-state index contributed by atoms with van der Waals surface area (Å²) in [4.78, 5) is 4.34. The van der Waals surface area contributed by atoms with Crippen LogP contribution < -0.4 is 5.32 Å². The highest BCUT2D eigenvalue weighted by Gasteiger charge is 2.37. The van der Waals surface area contributed by atoms with Gasteiger partial charge in [-0.3, -0.25) is 4.98 Å². The molecule has 2 unspecified atom stereocenters. The normalized spacial score (nSPS) is 25.2. The van der Waals surface area contributed by atoms with Crippen LogP contribution in [0.1, 0.15) is 56.7 Å². The average Bonchev–Trinajstić information content (AvgIpc) is 2.40. The quantitative estimate of drug-likeness (QED) is 0.883. The first-order valence-corrected chi connectivity index (χ1v) is 7.44. The van der Waals surface area contributed by atoms with Crippen molar-refractivity contribution in [2.45, 2.75) is 58.1 Å². The standard InChI is InChI=1S/C16H26N2O/c1-4-8-18-15(14-10-13(2)11-17-12-14)16(3)7-5-6-9-19-16/h10-12,15,18H,4-9H2,1-3H3. The summed E-state index contributed by atoms with van der Waals surface area (Å²) < 4.78 is 6.13. The van der Waals surface area contributed by atoms with Gasteiger partial charge in [0.15, 0.2) is 0 Å².